The first kappa shape index (κ1) is 15.5. The Balaban J connectivity index is 2.25. The van der Waals surface area contributed by atoms with Crippen LogP contribution in [0.25, 0.3) is 0 Å². The molecule has 1 N–H and O–H groups in total. The molecule has 0 spiro atoms. The minimum Gasteiger partial charge on any atom is -0.310 e. The van der Waals surface area contributed by atoms with Crippen LogP contribution in [0.15, 0.2) is 46.9 Å². The average molecular weight is 357 g/mol. The molecule has 0 radical (unpaired) electrons. The molecule has 20 heavy (non-hydrogen) atoms. The Labute approximate surface area is 132 Å². The van der Waals surface area contributed by atoms with Gasteiger partial charge in [-0.25, -0.2) is 4.39 Å². The molecular weight excluding hydrogens is 341 g/mol. The van der Waals surface area contributed by atoms with E-state index >= 15 is 0 Å². The van der Waals surface area contributed by atoms with Crippen molar-refractivity contribution in [2.75, 3.05) is 6.54 Å². The molecule has 0 saturated carbocycles. The first-order valence-corrected chi connectivity index (χ1v) is 7.70. The third-order valence-electron chi connectivity index (χ3n) is 3.18. The number of likely N-dealkylation sites (N-methyl/N-ethyl adjacent to an activating group) is 1. The fourth-order valence-corrected chi connectivity index (χ4v) is 2.64. The van der Waals surface area contributed by atoms with Crippen LogP contribution in [0.2, 0.25) is 5.02 Å². The van der Waals surface area contributed by atoms with Gasteiger partial charge in [0.25, 0.3) is 0 Å². The number of nitrogens with one attached hydrogen (secondary N) is 1. The molecule has 1 unspecified atom stereocenters. The SMILES string of the molecule is CCNC(Cc1cccc(F)c1Cl)c1ccc(Br)cc1. The lowest BCUT2D eigenvalue weighted by Crippen LogP contribution is -2.23. The molecule has 0 fully saturated rings. The van der Waals surface area contributed by atoms with Gasteiger partial charge in [0, 0.05) is 10.5 Å². The first-order chi connectivity index (χ1) is 9.61. The first-order valence-electron chi connectivity index (χ1n) is 6.53. The van der Waals surface area contributed by atoms with Crippen molar-refractivity contribution in [2.45, 2.75) is 19.4 Å². The van der Waals surface area contributed by atoms with Crippen molar-refractivity contribution in [1.82, 2.24) is 5.32 Å². The van der Waals surface area contributed by atoms with E-state index in [-0.39, 0.29) is 16.9 Å². The van der Waals surface area contributed by atoms with Crippen LogP contribution in [0.3, 0.4) is 0 Å². The lowest BCUT2D eigenvalue weighted by molar-refractivity contribution is 0.547. The number of benzene rings is 2. The van der Waals surface area contributed by atoms with Gasteiger partial charge in [-0.3, -0.25) is 0 Å². The Bertz CT molecular complexity index is 571. The van der Waals surface area contributed by atoms with Crippen LogP contribution in [-0.2, 0) is 6.42 Å². The molecule has 0 heterocycles. The molecule has 2 aromatic carbocycles. The van der Waals surface area contributed by atoms with Crippen LogP contribution in [0.5, 0.6) is 0 Å². The van der Waals surface area contributed by atoms with E-state index in [2.05, 4.69) is 40.3 Å². The van der Waals surface area contributed by atoms with Crippen LogP contribution in [0, 0.1) is 5.82 Å². The fourth-order valence-electron chi connectivity index (χ4n) is 2.18. The van der Waals surface area contributed by atoms with E-state index in [9.17, 15) is 4.39 Å². The van der Waals surface area contributed by atoms with E-state index in [1.54, 1.807) is 6.07 Å². The minimum absolute atomic E-state index is 0.118. The monoisotopic (exact) mass is 355 g/mol. The normalized spacial score (nSPS) is 12.4. The number of hydrogen-bond acceptors (Lipinski definition) is 1. The summed E-state index contributed by atoms with van der Waals surface area (Å²) in [6.07, 6.45) is 0.659. The van der Waals surface area contributed by atoms with E-state index in [1.165, 1.54) is 6.07 Å². The lowest BCUT2D eigenvalue weighted by atomic mass is 9.98. The van der Waals surface area contributed by atoms with Crippen molar-refractivity contribution in [3.8, 4) is 0 Å². The predicted octanol–water partition coefficient (Wildman–Crippen LogP) is 5.13. The highest BCUT2D eigenvalue weighted by Crippen LogP contribution is 2.26. The molecule has 0 bridgehead atoms. The van der Waals surface area contributed by atoms with Gasteiger partial charge in [0.1, 0.15) is 5.82 Å². The Kier molecular flexibility index (Phi) is 5.58. The van der Waals surface area contributed by atoms with Gasteiger partial charge in [-0.05, 0) is 42.3 Å². The number of hydrogen-bond donors (Lipinski definition) is 1. The number of rotatable bonds is 5. The maximum absolute atomic E-state index is 13.5. The van der Waals surface area contributed by atoms with E-state index in [1.807, 2.05) is 18.2 Å². The highest BCUT2D eigenvalue weighted by molar-refractivity contribution is 9.10. The Morgan fingerprint density at radius 1 is 1.20 bits per heavy atom. The van der Waals surface area contributed by atoms with Gasteiger partial charge in [-0.2, -0.15) is 0 Å². The third kappa shape index (κ3) is 3.81. The zero-order valence-electron chi connectivity index (χ0n) is 11.2. The van der Waals surface area contributed by atoms with Gasteiger partial charge in [-0.1, -0.05) is 58.7 Å². The van der Waals surface area contributed by atoms with E-state index < -0.39 is 0 Å². The summed E-state index contributed by atoms with van der Waals surface area (Å²) in [4.78, 5) is 0. The summed E-state index contributed by atoms with van der Waals surface area (Å²) < 4.78 is 14.6. The molecular formula is C16H16BrClFN. The second-order valence-electron chi connectivity index (χ2n) is 4.58. The standard InChI is InChI=1S/C16H16BrClFN/c1-2-20-15(11-6-8-13(17)9-7-11)10-12-4-3-5-14(19)16(12)18/h3-9,15,20H,2,10H2,1H3. The lowest BCUT2D eigenvalue weighted by Gasteiger charge is -2.19. The topological polar surface area (TPSA) is 12.0 Å². The molecule has 0 aliphatic carbocycles. The predicted molar refractivity (Wildman–Crippen MR) is 85.7 cm³/mol. The summed E-state index contributed by atoms with van der Waals surface area (Å²) in [5, 5.41) is 3.63. The van der Waals surface area contributed by atoms with Crippen molar-refractivity contribution in [2.24, 2.45) is 0 Å². The van der Waals surface area contributed by atoms with Crippen molar-refractivity contribution >= 4 is 27.5 Å². The molecule has 0 saturated heterocycles. The second-order valence-corrected chi connectivity index (χ2v) is 5.87. The molecule has 106 valence electrons. The highest BCUT2D eigenvalue weighted by Gasteiger charge is 2.14. The molecule has 1 atom stereocenters. The van der Waals surface area contributed by atoms with Crippen LogP contribution < -0.4 is 5.32 Å². The van der Waals surface area contributed by atoms with E-state index in [0.29, 0.717) is 6.42 Å². The molecule has 4 heteroatoms. The molecule has 0 aromatic heterocycles. The van der Waals surface area contributed by atoms with Gasteiger partial charge in [-0.15, -0.1) is 0 Å². The Morgan fingerprint density at radius 3 is 2.55 bits per heavy atom. The van der Waals surface area contributed by atoms with Crippen LogP contribution in [0.1, 0.15) is 24.1 Å². The molecule has 2 aromatic rings. The highest BCUT2D eigenvalue weighted by atomic mass is 79.9. The van der Waals surface area contributed by atoms with Crippen molar-refractivity contribution < 1.29 is 4.39 Å². The van der Waals surface area contributed by atoms with Gasteiger partial charge >= 0.3 is 0 Å². The zero-order chi connectivity index (χ0) is 14.5. The Hall–Kier alpha value is -0.900. The van der Waals surface area contributed by atoms with Gasteiger partial charge in [0.2, 0.25) is 0 Å². The summed E-state index contributed by atoms with van der Waals surface area (Å²) >= 11 is 9.47. The fraction of sp³-hybridized carbons (Fsp3) is 0.250. The van der Waals surface area contributed by atoms with Gasteiger partial charge < -0.3 is 5.32 Å². The van der Waals surface area contributed by atoms with Crippen molar-refractivity contribution in [3.05, 3.63) is 68.9 Å². The van der Waals surface area contributed by atoms with Crippen LogP contribution in [-0.4, -0.2) is 6.54 Å². The number of halogens is 3. The smallest absolute Gasteiger partial charge is 0.142 e. The maximum Gasteiger partial charge on any atom is 0.142 e. The quantitative estimate of drug-likeness (QED) is 0.782. The summed E-state index contributed by atoms with van der Waals surface area (Å²) in [5.74, 6) is -0.366. The van der Waals surface area contributed by atoms with E-state index in [0.717, 1.165) is 22.1 Å². The molecule has 2 rings (SSSR count). The van der Waals surface area contributed by atoms with Crippen molar-refractivity contribution in [1.29, 1.82) is 0 Å². The molecule has 1 nitrogen and oxygen atoms in total. The van der Waals surface area contributed by atoms with Crippen LogP contribution >= 0.6 is 27.5 Å². The maximum atomic E-state index is 13.5. The third-order valence-corrected chi connectivity index (χ3v) is 4.13. The molecule has 0 aliphatic rings. The average Bonchev–Trinajstić information content (AvgIpc) is 2.44. The van der Waals surface area contributed by atoms with Crippen molar-refractivity contribution in [3.63, 3.8) is 0 Å². The van der Waals surface area contributed by atoms with E-state index in [4.69, 9.17) is 11.6 Å². The summed E-state index contributed by atoms with van der Waals surface area (Å²) in [6, 6.07) is 13.2. The minimum atomic E-state index is -0.366. The van der Waals surface area contributed by atoms with Gasteiger partial charge in [0.05, 0.1) is 5.02 Å². The second kappa shape index (κ2) is 7.21. The zero-order valence-corrected chi connectivity index (χ0v) is 13.5. The van der Waals surface area contributed by atoms with Gasteiger partial charge in [0.15, 0.2) is 0 Å². The summed E-state index contributed by atoms with van der Waals surface area (Å²) in [5.41, 5.74) is 1.98. The Morgan fingerprint density at radius 2 is 1.90 bits per heavy atom. The summed E-state index contributed by atoms with van der Waals surface area (Å²) in [6.45, 7) is 2.90. The molecule has 0 aliphatic heterocycles. The largest absolute Gasteiger partial charge is 0.310 e. The van der Waals surface area contributed by atoms with Crippen LogP contribution in [0.4, 0.5) is 4.39 Å². The summed E-state index contributed by atoms with van der Waals surface area (Å²) in [7, 11) is 0. The molecule has 0 amide bonds.